The predicted octanol–water partition coefficient (Wildman–Crippen LogP) is 5.79. The molecule has 3 saturated carbocycles. The molecule has 1 atom stereocenters. The second kappa shape index (κ2) is 9.05. The van der Waals surface area contributed by atoms with Crippen LogP contribution in [0.25, 0.3) is 0 Å². The SMILES string of the molecule is BOC(C)(C(C)(C)O)[PH](C1CCCCC1)(C1CCCCC1)C1CCCCC1. The minimum atomic E-state index is -1.95. The molecule has 1 N–H and O–H groups in total. The van der Waals surface area contributed by atoms with Gasteiger partial charge in [-0.2, -0.15) is 0 Å². The number of rotatable bonds is 6. The second-order valence-corrected chi connectivity index (χ2v) is 16.0. The van der Waals surface area contributed by atoms with Gasteiger partial charge in [0.2, 0.25) is 0 Å². The van der Waals surface area contributed by atoms with Gasteiger partial charge in [0.1, 0.15) is 0 Å². The number of hydrogen-bond acceptors (Lipinski definition) is 2. The van der Waals surface area contributed by atoms with Crippen LogP contribution >= 0.6 is 7.26 Å². The van der Waals surface area contributed by atoms with Crippen LogP contribution in [0.15, 0.2) is 0 Å². The van der Waals surface area contributed by atoms with Gasteiger partial charge in [-0.15, -0.1) is 0 Å². The van der Waals surface area contributed by atoms with Crippen LogP contribution in [-0.4, -0.2) is 41.1 Å². The first-order valence-corrected chi connectivity index (χ1v) is 14.4. The van der Waals surface area contributed by atoms with E-state index in [0.717, 1.165) is 17.0 Å². The molecule has 0 aromatic carbocycles. The molecule has 3 aliphatic carbocycles. The summed E-state index contributed by atoms with van der Waals surface area (Å²) in [6.07, 6.45) is 21.2. The minimum absolute atomic E-state index is 0.341. The van der Waals surface area contributed by atoms with Gasteiger partial charge < -0.3 is 0 Å². The Morgan fingerprint density at radius 3 is 1.19 bits per heavy atom. The Hall–Kier alpha value is 0.415. The van der Waals surface area contributed by atoms with Crippen LogP contribution in [0.4, 0.5) is 0 Å². The third-order valence-electron chi connectivity index (χ3n) is 9.24. The Labute approximate surface area is 170 Å². The molecule has 3 fully saturated rings. The fourth-order valence-electron chi connectivity index (χ4n) is 7.87. The van der Waals surface area contributed by atoms with E-state index in [1.165, 1.54) is 96.3 Å². The van der Waals surface area contributed by atoms with Gasteiger partial charge in [0, 0.05) is 0 Å². The summed E-state index contributed by atoms with van der Waals surface area (Å²) in [7, 11) is -0.0295. The fraction of sp³-hybridized carbons (Fsp3) is 1.00. The van der Waals surface area contributed by atoms with E-state index in [-0.39, 0.29) is 5.34 Å². The van der Waals surface area contributed by atoms with Gasteiger partial charge in [0.15, 0.2) is 0 Å². The molecule has 3 rings (SSSR count). The van der Waals surface area contributed by atoms with Gasteiger partial charge in [0.25, 0.3) is 0 Å². The van der Waals surface area contributed by atoms with Crippen molar-refractivity contribution in [2.75, 3.05) is 0 Å². The maximum absolute atomic E-state index is 11.6. The first-order valence-electron chi connectivity index (χ1n) is 12.2. The summed E-state index contributed by atoms with van der Waals surface area (Å²) >= 11 is 0. The molecular weight excluding hydrogens is 350 g/mol. The van der Waals surface area contributed by atoms with Gasteiger partial charge >= 0.3 is 170 Å². The maximum atomic E-state index is 11.6. The zero-order valence-corrected chi connectivity index (χ0v) is 19.7. The van der Waals surface area contributed by atoms with Crippen molar-refractivity contribution in [3.05, 3.63) is 0 Å². The van der Waals surface area contributed by atoms with Crippen LogP contribution < -0.4 is 0 Å². The summed E-state index contributed by atoms with van der Waals surface area (Å²) in [5, 5.41) is 11.2. The number of hydrogen-bond donors (Lipinski definition) is 1. The van der Waals surface area contributed by atoms with Crippen LogP contribution in [0.3, 0.4) is 0 Å². The molecule has 3 aliphatic rings. The quantitative estimate of drug-likeness (QED) is 0.455. The molecule has 0 aromatic rings. The molecule has 0 aromatic heterocycles. The van der Waals surface area contributed by atoms with E-state index < -0.39 is 12.9 Å². The van der Waals surface area contributed by atoms with Crippen LogP contribution in [0.2, 0.25) is 0 Å². The van der Waals surface area contributed by atoms with E-state index in [2.05, 4.69) is 20.8 Å². The Bertz CT molecular complexity index is 414. The van der Waals surface area contributed by atoms with Crippen molar-refractivity contribution in [3.8, 4) is 0 Å². The molecule has 2 nitrogen and oxygen atoms in total. The monoisotopic (exact) mass is 396 g/mol. The van der Waals surface area contributed by atoms with Crippen molar-refractivity contribution in [2.45, 2.75) is 145 Å². The zero-order chi connectivity index (χ0) is 19.5. The third-order valence-corrected chi connectivity index (χ3v) is 17.5. The van der Waals surface area contributed by atoms with Crippen LogP contribution in [0.5, 0.6) is 0 Å². The molecule has 158 valence electrons. The van der Waals surface area contributed by atoms with Crippen LogP contribution in [-0.2, 0) is 4.65 Å². The molecule has 0 spiro atoms. The van der Waals surface area contributed by atoms with Gasteiger partial charge in [-0.3, -0.25) is 0 Å². The van der Waals surface area contributed by atoms with Crippen molar-refractivity contribution in [3.63, 3.8) is 0 Å². The van der Waals surface area contributed by atoms with Crippen molar-refractivity contribution in [1.29, 1.82) is 0 Å². The molecular formula is C23H46BO2P. The Morgan fingerprint density at radius 1 is 0.667 bits per heavy atom. The van der Waals surface area contributed by atoms with E-state index in [1.54, 1.807) is 0 Å². The van der Waals surface area contributed by atoms with E-state index >= 15 is 0 Å². The average Bonchev–Trinajstić information content (AvgIpc) is 2.70. The van der Waals surface area contributed by atoms with Crippen molar-refractivity contribution in [2.24, 2.45) is 0 Å². The number of aliphatic hydroxyl groups is 1. The van der Waals surface area contributed by atoms with Gasteiger partial charge in [0.05, 0.1) is 0 Å². The summed E-state index contributed by atoms with van der Waals surface area (Å²) in [6, 6.07) is 0. The van der Waals surface area contributed by atoms with Gasteiger partial charge in [-0.05, 0) is 0 Å². The molecule has 0 heterocycles. The summed E-state index contributed by atoms with van der Waals surface area (Å²) in [5.74, 6) is 0. The normalized spacial score (nSPS) is 28.0. The van der Waals surface area contributed by atoms with Gasteiger partial charge in [-0.1, -0.05) is 0 Å². The molecule has 0 aliphatic heterocycles. The Kier molecular flexibility index (Phi) is 7.41. The first kappa shape index (κ1) is 22.1. The van der Waals surface area contributed by atoms with E-state index in [4.69, 9.17) is 4.65 Å². The van der Waals surface area contributed by atoms with E-state index in [1.807, 2.05) is 8.05 Å². The summed E-state index contributed by atoms with van der Waals surface area (Å²) in [4.78, 5) is 0. The topological polar surface area (TPSA) is 29.5 Å². The summed E-state index contributed by atoms with van der Waals surface area (Å²) in [6.45, 7) is 6.48. The van der Waals surface area contributed by atoms with Crippen molar-refractivity contribution >= 4 is 15.3 Å². The summed E-state index contributed by atoms with van der Waals surface area (Å²) in [5.41, 5.74) is 1.80. The standard InChI is InChI=1S/C23H46BO2P/c1-22(2,25)23(3,26-24)27(19-13-7-4-8-14-19,20-15-9-5-10-16-20)21-17-11-6-12-18-21/h19-21,25,27H,4-18,24H2,1-3H3. The van der Waals surface area contributed by atoms with E-state index in [9.17, 15) is 5.11 Å². The van der Waals surface area contributed by atoms with Crippen LogP contribution in [0.1, 0.15) is 117 Å². The zero-order valence-electron chi connectivity index (χ0n) is 18.7. The van der Waals surface area contributed by atoms with Crippen molar-refractivity contribution in [1.82, 2.24) is 0 Å². The molecule has 4 heteroatoms. The van der Waals surface area contributed by atoms with Crippen molar-refractivity contribution < 1.29 is 9.76 Å². The third kappa shape index (κ3) is 3.92. The Morgan fingerprint density at radius 2 is 0.963 bits per heavy atom. The molecule has 0 saturated heterocycles. The molecule has 1 unspecified atom stereocenters. The fourth-order valence-corrected chi connectivity index (χ4v) is 17.7. The average molecular weight is 396 g/mol. The molecule has 27 heavy (non-hydrogen) atoms. The van der Waals surface area contributed by atoms with Gasteiger partial charge in [-0.25, -0.2) is 0 Å². The molecule has 0 amide bonds. The first-order chi connectivity index (χ1) is 12.9. The molecule has 0 radical (unpaired) electrons. The van der Waals surface area contributed by atoms with Crippen LogP contribution in [0, 0.1) is 0 Å². The molecule has 0 bridgehead atoms. The summed E-state index contributed by atoms with van der Waals surface area (Å²) < 4.78 is 6.54. The predicted molar refractivity (Wildman–Crippen MR) is 123 cm³/mol. The van der Waals surface area contributed by atoms with E-state index in [0.29, 0.717) is 0 Å². The second-order valence-electron chi connectivity index (χ2n) is 10.7. The Balaban J connectivity index is 2.15.